The maximum Gasteiger partial charge on any atom is 0.317 e. The number of hydrogen-bond donors (Lipinski definition) is 1. The molecule has 2 heterocycles. The predicted molar refractivity (Wildman–Crippen MR) is 102 cm³/mol. The summed E-state index contributed by atoms with van der Waals surface area (Å²) in [5.74, 6) is 2.20. The molecule has 0 saturated carbocycles. The molecule has 0 spiro atoms. The van der Waals surface area contributed by atoms with Crippen LogP contribution < -0.4 is 5.32 Å². The number of rotatable bonds is 4. The van der Waals surface area contributed by atoms with E-state index in [9.17, 15) is 4.79 Å². The monoisotopic (exact) mass is 367 g/mol. The molecular formula is C18H26ClN3OS. The second-order valence-electron chi connectivity index (χ2n) is 6.57. The Morgan fingerprint density at radius 2 is 1.92 bits per heavy atom. The second-order valence-corrected chi connectivity index (χ2v) is 8.15. The first-order valence-electron chi connectivity index (χ1n) is 8.81. The maximum absolute atomic E-state index is 12.7. The Hall–Kier alpha value is -0.910. The van der Waals surface area contributed by atoms with Gasteiger partial charge in [-0.3, -0.25) is 0 Å². The van der Waals surface area contributed by atoms with Gasteiger partial charge in [0, 0.05) is 30.4 Å². The van der Waals surface area contributed by atoms with Gasteiger partial charge in [0.05, 0.1) is 6.04 Å². The molecule has 2 aliphatic heterocycles. The molecular weight excluding hydrogens is 342 g/mol. The van der Waals surface area contributed by atoms with Gasteiger partial charge in [-0.25, -0.2) is 4.79 Å². The number of carbonyl (C=O) groups excluding carboxylic acids is 1. The zero-order valence-electron chi connectivity index (χ0n) is 14.0. The number of carbonyl (C=O) groups is 1. The van der Waals surface area contributed by atoms with Gasteiger partial charge in [0.2, 0.25) is 0 Å². The molecule has 3 rings (SSSR count). The minimum atomic E-state index is 0.0663. The summed E-state index contributed by atoms with van der Waals surface area (Å²) in [5.41, 5.74) is 1.08. The van der Waals surface area contributed by atoms with Crippen LogP contribution in [0.2, 0.25) is 5.02 Å². The van der Waals surface area contributed by atoms with E-state index in [4.69, 9.17) is 11.6 Å². The second kappa shape index (κ2) is 8.97. The Morgan fingerprint density at radius 1 is 1.17 bits per heavy atom. The molecule has 1 aromatic rings. The van der Waals surface area contributed by atoms with E-state index in [2.05, 4.69) is 15.1 Å². The van der Waals surface area contributed by atoms with Crippen molar-refractivity contribution in [3.8, 4) is 0 Å². The highest BCUT2D eigenvalue weighted by Crippen LogP contribution is 2.19. The largest absolute Gasteiger partial charge is 0.334 e. The summed E-state index contributed by atoms with van der Waals surface area (Å²) in [5, 5.41) is 3.81. The third-order valence-corrected chi connectivity index (χ3v) is 6.17. The molecule has 24 heavy (non-hydrogen) atoms. The minimum Gasteiger partial charge on any atom is -0.334 e. The number of hydrogen-bond acceptors (Lipinski definition) is 3. The first kappa shape index (κ1) is 17.9. The summed E-state index contributed by atoms with van der Waals surface area (Å²) in [7, 11) is 0. The van der Waals surface area contributed by atoms with E-state index >= 15 is 0 Å². The zero-order valence-corrected chi connectivity index (χ0v) is 15.6. The molecule has 4 nitrogen and oxygen atoms in total. The molecule has 1 N–H and O–H groups in total. The summed E-state index contributed by atoms with van der Waals surface area (Å²) in [6.45, 7) is 4.79. The van der Waals surface area contributed by atoms with Gasteiger partial charge >= 0.3 is 6.03 Å². The quantitative estimate of drug-likeness (QED) is 0.885. The van der Waals surface area contributed by atoms with Gasteiger partial charge in [-0.15, -0.1) is 0 Å². The lowest BCUT2D eigenvalue weighted by Crippen LogP contribution is -2.51. The van der Waals surface area contributed by atoms with Gasteiger partial charge in [0.15, 0.2) is 0 Å². The molecule has 132 valence electrons. The first-order valence-corrected chi connectivity index (χ1v) is 10.3. The average molecular weight is 368 g/mol. The summed E-state index contributed by atoms with van der Waals surface area (Å²) >= 11 is 7.89. The summed E-state index contributed by atoms with van der Waals surface area (Å²) < 4.78 is 0. The summed E-state index contributed by atoms with van der Waals surface area (Å²) in [6, 6.07) is 8.03. The van der Waals surface area contributed by atoms with Crippen LogP contribution in [0.4, 0.5) is 4.79 Å². The van der Waals surface area contributed by atoms with Crippen LogP contribution in [0.25, 0.3) is 0 Å². The third-order valence-electron chi connectivity index (χ3n) is 4.72. The Labute approximate surface area is 153 Å². The van der Waals surface area contributed by atoms with E-state index in [0.717, 1.165) is 41.6 Å². The highest BCUT2D eigenvalue weighted by molar-refractivity contribution is 7.99. The van der Waals surface area contributed by atoms with E-state index in [0.29, 0.717) is 12.6 Å². The Balaban J connectivity index is 1.57. The number of benzene rings is 1. The lowest BCUT2D eigenvalue weighted by atomic mass is 10.2. The Bertz CT molecular complexity index is 534. The number of likely N-dealkylation sites (tertiary alicyclic amines) is 1. The standard InChI is InChI=1S/C18H26ClN3OS/c19-16-6-4-15(5-7-16)12-20-18(23)22-10-3-11-24-14-17(22)13-21-8-1-2-9-21/h4-7,17H,1-3,8-14H2,(H,20,23). The molecule has 0 aliphatic carbocycles. The topological polar surface area (TPSA) is 35.6 Å². The fraction of sp³-hybridized carbons (Fsp3) is 0.611. The van der Waals surface area contributed by atoms with Crippen molar-refractivity contribution in [3.05, 3.63) is 34.9 Å². The predicted octanol–water partition coefficient (Wildman–Crippen LogP) is 3.45. The molecule has 2 fully saturated rings. The fourth-order valence-corrected chi connectivity index (χ4v) is 4.58. The number of amides is 2. The van der Waals surface area contributed by atoms with Crippen LogP contribution in [0.1, 0.15) is 24.8 Å². The van der Waals surface area contributed by atoms with Crippen molar-refractivity contribution in [1.29, 1.82) is 0 Å². The highest BCUT2D eigenvalue weighted by Gasteiger charge is 2.28. The van der Waals surface area contributed by atoms with Crippen molar-refractivity contribution in [1.82, 2.24) is 15.1 Å². The van der Waals surface area contributed by atoms with Gasteiger partial charge in [-0.05, 0) is 55.8 Å². The zero-order chi connectivity index (χ0) is 16.8. The summed E-state index contributed by atoms with van der Waals surface area (Å²) in [6.07, 6.45) is 3.67. The third kappa shape index (κ3) is 5.04. The van der Waals surface area contributed by atoms with Gasteiger partial charge < -0.3 is 15.1 Å². The lowest BCUT2D eigenvalue weighted by Gasteiger charge is -2.32. The molecule has 1 atom stereocenters. The number of nitrogens with zero attached hydrogens (tertiary/aromatic N) is 2. The lowest BCUT2D eigenvalue weighted by molar-refractivity contribution is 0.162. The van der Waals surface area contributed by atoms with Crippen LogP contribution in [0, 0.1) is 0 Å². The molecule has 0 bridgehead atoms. The smallest absolute Gasteiger partial charge is 0.317 e. The molecule has 0 radical (unpaired) electrons. The van der Waals surface area contributed by atoms with Crippen LogP contribution in [0.3, 0.4) is 0 Å². The van der Waals surface area contributed by atoms with Crippen LogP contribution in [-0.4, -0.2) is 59.6 Å². The van der Waals surface area contributed by atoms with Crippen molar-refractivity contribution in [3.63, 3.8) is 0 Å². The van der Waals surface area contributed by atoms with E-state index in [1.54, 1.807) is 0 Å². The molecule has 2 saturated heterocycles. The van der Waals surface area contributed by atoms with Crippen molar-refractivity contribution in [2.75, 3.05) is 37.7 Å². The van der Waals surface area contributed by atoms with E-state index in [1.165, 1.54) is 25.9 Å². The normalized spacial score (nSPS) is 22.4. The van der Waals surface area contributed by atoms with Gasteiger partial charge in [0.25, 0.3) is 0 Å². The van der Waals surface area contributed by atoms with Crippen molar-refractivity contribution in [2.45, 2.75) is 31.8 Å². The SMILES string of the molecule is O=C(NCc1ccc(Cl)cc1)N1CCCSCC1CN1CCCC1. The van der Waals surface area contributed by atoms with Crippen molar-refractivity contribution in [2.24, 2.45) is 0 Å². The minimum absolute atomic E-state index is 0.0663. The fourth-order valence-electron chi connectivity index (χ4n) is 3.39. The van der Waals surface area contributed by atoms with Gasteiger partial charge in [-0.2, -0.15) is 11.8 Å². The van der Waals surface area contributed by atoms with Crippen LogP contribution >= 0.6 is 23.4 Å². The van der Waals surface area contributed by atoms with Crippen molar-refractivity contribution < 1.29 is 4.79 Å². The molecule has 0 aromatic heterocycles. The van der Waals surface area contributed by atoms with Gasteiger partial charge in [-0.1, -0.05) is 23.7 Å². The van der Waals surface area contributed by atoms with Crippen LogP contribution in [0.15, 0.2) is 24.3 Å². The van der Waals surface area contributed by atoms with Crippen LogP contribution in [-0.2, 0) is 6.54 Å². The van der Waals surface area contributed by atoms with E-state index < -0.39 is 0 Å². The molecule has 1 aromatic carbocycles. The number of urea groups is 1. The van der Waals surface area contributed by atoms with Crippen LogP contribution in [0.5, 0.6) is 0 Å². The molecule has 2 aliphatic rings. The van der Waals surface area contributed by atoms with Gasteiger partial charge in [0.1, 0.15) is 0 Å². The highest BCUT2D eigenvalue weighted by atomic mass is 35.5. The maximum atomic E-state index is 12.7. The summed E-state index contributed by atoms with van der Waals surface area (Å²) in [4.78, 5) is 17.3. The van der Waals surface area contributed by atoms with Crippen molar-refractivity contribution >= 4 is 29.4 Å². The Kier molecular flexibility index (Phi) is 6.69. The molecule has 1 unspecified atom stereocenters. The number of halogens is 1. The Morgan fingerprint density at radius 3 is 2.67 bits per heavy atom. The number of thioether (sulfide) groups is 1. The molecule has 6 heteroatoms. The molecule has 2 amide bonds. The number of nitrogens with one attached hydrogen (secondary N) is 1. The van der Waals surface area contributed by atoms with E-state index in [-0.39, 0.29) is 6.03 Å². The van der Waals surface area contributed by atoms with E-state index in [1.807, 2.05) is 36.0 Å². The average Bonchev–Trinajstić information content (AvgIpc) is 2.99. The first-order chi connectivity index (χ1) is 11.7.